The van der Waals surface area contributed by atoms with Crippen LogP contribution in [0.3, 0.4) is 0 Å². The molecule has 8 heteroatoms. The largest absolute Gasteiger partial charge is 0.390 e. The fraction of sp³-hybridized carbons (Fsp3) is 0.364. The number of rotatable bonds is 1. The highest BCUT2D eigenvalue weighted by atomic mass is 19.1. The number of hydrogen-bond acceptors (Lipinski definition) is 5. The van der Waals surface area contributed by atoms with Crippen molar-refractivity contribution in [3.63, 3.8) is 0 Å². The van der Waals surface area contributed by atoms with E-state index in [1.807, 2.05) is 12.1 Å². The van der Waals surface area contributed by atoms with Crippen LogP contribution in [-0.4, -0.2) is 42.8 Å². The molecule has 3 aliphatic rings. The van der Waals surface area contributed by atoms with Gasteiger partial charge in [0.15, 0.2) is 0 Å². The van der Waals surface area contributed by atoms with Gasteiger partial charge in [-0.25, -0.2) is 4.39 Å². The third-order valence-corrected chi connectivity index (χ3v) is 7.72. The van der Waals surface area contributed by atoms with Crippen molar-refractivity contribution < 1.29 is 14.6 Å². The van der Waals surface area contributed by atoms with Gasteiger partial charge in [0.25, 0.3) is 0 Å². The molecule has 2 aromatic carbocycles. The Kier molecular flexibility index (Phi) is 3.13. The topological polar surface area (TPSA) is 110 Å². The van der Waals surface area contributed by atoms with Crippen LogP contribution in [0.4, 0.5) is 10.1 Å². The zero-order chi connectivity index (χ0) is 20.1. The molecule has 30 heavy (non-hydrogen) atoms. The summed E-state index contributed by atoms with van der Waals surface area (Å²) in [6.45, 7) is 0. The lowest BCUT2D eigenvalue weighted by Crippen LogP contribution is -2.46. The zero-order valence-electron chi connectivity index (χ0n) is 15.9. The molecule has 2 aliphatic carbocycles. The van der Waals surface area contributed by atoms with E-state index in [1.54, 1.807) is 12.4 Å². The molecule has 2 aromatic heterocycles. The first-order valence-electron chi connectivity index (χ1n) is 10.3. The summed E-state index contributed by atoms with van der Waals surface area (Å²) in [5, 5.41) is 40.8. The average Bonchev–Trinajstić information content (AvgIpc) is 3.52. The van der Waals surface area contributed by atoms with Crippen LogP contribution in [0.2, 0.25) is 0 Å². The molecule has 3 heterocycles. The normalized spacial score (nSPS) is 34.3. The van der Waals surface area contributed by atoms with Gasteiger partial charge in [0.05, 0.1) is 47.4 Å². The fourth-order valence-corrected chi connectivity index (χ4v) is 6.54. The Balaban J connectivity index is 1.47. The van der Waals surface area contributed by atoms with Crippen molar-refractivity contribution >= 4 is 27.5 Å². The van der Waals surface area contributed by atoms with Gasteiger partial charge in [-0.3, -0.25) is 10.2 Å². The van der Waals surface area contributed by atoms with Crippen LogP contribution in [-0.2, 0) is 0 Å². The van der Waals surface area contributed by atoms with Gasteiger partial charge in [-0.2, -0.15) is 10.2 Å². The number of benzene rings is 2. The van der Waals surface area contributed by atoms with Crippen molar-refractivity contribution in [2.24, 2.45) is 17.8 Å². The molecule has 2 bridgehead atoms. The monoisotopic (exact) mass is 405 g/mol. The highest BCUT2D eigenvalue weighted by molar-refractivity contribution is 5.89. The van der Waals surface area contributed by atoms with Gasteiger partial charge in [0.2, 0.25) is 0 Å². The highest BCUT2D eigenvalue weighted by Gasteiger charge is 2.62. The summed E-state index contributed by atoms with van der Waals surface area (Å²) in [6.07, 6.45) is 2.71. The first-order chi connectivity index (χ1) is 14.6. The number of halogens is 1. The summed E-state index contributed by atoms with van der Waals surface area (Å²) in [6, 6.07) is 7.39. The highest BCUT2D eigenvalue weighted by Crippen LogP contribution is 2.64. The predicted molar refractivity (Wildman–Crippen MR) is 108 cm³/mol. The number of H-pyrrole nitrogens is 2. The molecule has 5 N–H and O–H groups in total. The first-order valence-corrected chi connectivity index (χ1v) is 10.3. The predicted octanol–water partition coefficient (Wildman–Crippen LogP) is 2.82. The molecule has 2 saturated carbocycles. The molecule has 7 rings (SSSR count). The van der Waals surface area contributed by atoms with Crippen molar-refractivity contribution in [2.75, 3.05) is 5.32 Å². The van der Waals surface area contributed by atoms with Crippen molar-refractivity contribution in [3.05, 3.63) is 53.6 Å². The smallest absolute Gasteiger partial charge is 0.148 e. The number of anilines is 1. The lowest BCUT2D eigenvalue weighted by atomic mass is 9.65. The van der Waals surface area contributed by atoms with Crippen LogP contribution in [0.15, 0.2) is 36.7 Å². The molecule has 4 unspecified atom stereocenters. The molecular weight excluding hydrogens is 385 g/mol. The van der Waals surface area contributed by atoms with Crippen LogP contribution in [0.25, 0.3) is 21.8 Å². The maximum absolute atomic E-state index is 15.2. The van der Waals surface area contributed by atoms with E-state index in [9.17, 15) is 10.2 Å². The maximum Gasteiger partial charge on any atom is 0.148 e. The Morgan fingerprint density at radius 1 is 0.967 bits per heavy atom. The van der Waals surface area contributed by atoms with Gasteiger partial charge >= 0.3 is 0 Å². The zero-order valence-corrected chi connectivity index (χ0v) is 15.9. The number of aromatic amines is 2. The van der Waals surface area contributed by atoms with E-state index in [4.69, 9.17) is 0 Å². The van der Waals surface area contributed by atoms with Crippen molar-refractivity contribution in [1.29, 1.82) is 0 Å². The number of nitrogens with zero attached hydrogens (tertiary/aromatic N) is 2. The van der Waals surface area contributed by atoms with E-state index >= 15 is 4.39 Å². The van der Waals surface area contributed by atoms with Gasteiger partial charge in [-0.15, -0.1) is 0 Å². The summed E-state index contributed by atoms with van der Waals surface area (Å²) in [5.41, 5.74) is 3.99. The van der Waals surface area contributed by atoms with E-state index in [-0.39, 0.29) is 35.5 Å². The van der Waals surface area contributed by atoms with Crippen LogP contribution in [0.5, 0.6) is 0 Å². The van der Waals surface area contributed by atoms with Gasteiger partial charge in [0.1, 0.15) is 5.82 Å². The second-order valence-corrected chi connectivity index (χ2v) is 8.96. The summed E-state index contributed by atoms with van der Waals surface area (Å²) in [7, 11) is 0. The lowest BCUT2D eigenvalue weighted by Gasteiger charge is -2.46. The summed E-state index contributed by atoms with van der Waals surface area (Å²) in [4.78, 5) is 0. The molecule has 0 spiro atoms. The Morgan fingerprint density at radius 2 is 1.77 bits per heavy atom. The fourth-order valence-electron chi connectivity index (χ4n) is 6.54. The minimum atomic E-state index is -0.788. The summed E-state index contributed by atoms with van der Waals surface area (Å²) in [5.74, 6) is -0.482. The number of aliphatic hydroxyl groups is 2. The Bertz CT molecular complexity index is 1320. The Morgan fingerprint density at radius 3 is 2.67 bits per heavy atom. The van der Waals surface area contributed by atoms with Crippen LogP contribution >= 0.6 is 0 Å². The summed E-state index contributed by atoms with van der Waals surface area (Å²) >= 11 is 0. The van der Waals surface area contributed by atoms with Crippen molar-refractivity contribution in [2.45, 2.75) is 30.6 Å². The quantitative estimate of drug-likeness (QED) is 0.335. The number of nitrogens with one attached hydrogen (secondary N) is 3. The lowest BCUT2D eigenvalue weighted by molar-refractivity contribution is -0.0466. The van der Waals surface area contributed by atoms with E-state index in [2.05, 4.69) is 31.8 Å². The molecule has 7 atom stereocenters. The average molecular weight is 405 g/mol. The molecule has 152 valence electrons. The molecular formula is C22H20FN5O2. The van der Waals surface area contributed by atoms with Crippen molar-refractivity contribution in [1.82, 2.24) is 20.4 Å². The van der Waals surface area contributed by atoms with Gasteiger partial charge in [0, 0.05) is 16.8 Å². The van der Waals surface area contributed by atoms with Crippen molar-refractivity contribution in [3.8, 4) is 0 Å². The minimum absolute atomic E-state index is 0.0464. The van der Waals surface area contributed by atoms with E-state index in [0.717, 1.165) is 33.8 Å². The molecule has 7 nitrogen and oxygen atoms in total. The summed E-state index contributed by atoms with van der Waals surface area (Å²) < 4.78 is 15.2. The maximum atomic E-state index is 15.2. The first kappa shape index (κ1) is 16.8. The molecule has 1 aliphatic heterocycles. The van der Waals surface area contributed by atoms with Crippen LogP contribution in [0, 0.1) is 23.6 Å². The van der Waals surface area contributed by atoms with Crippen LogP contribution in [0.1, 0.15) is 29.5 Å². The van der Waals surface area contributed by atoms with Gasteiger partial charge < -0.3 is 15.5 Å². The second kappa shape index (κ2) is 5.59. The van der Waals surface area contributed by atoms with E-state index in [0.29, 0.717) is 11.2 Å². The molecule has 4 aromatic rings. The molecule has 2 fully saturated rings. The number of hydrogen-bond donors (Lipinski definition) is 5. The Hall–Kier alpha value is -2.97. The SMILES string of the molecule is OC1C2CC([C@H]1O)[C@@H]1c3c(c(F)cc4[nH]ncc34)NC(c3ccc4[nH]ncc4c3)[C@H]21. The number of aliphatic hydroxyl groups excluding tert-OH is 2. The number of fused-ring (bicyclic) bond motifs is 10. The second-order valence-electron chi connectivity index (χ2n) is 8.96. The van der Waals surface area contributed by atoms with Gasteiger partial charge in [-0.1, -0.05) is 6.07 Å². The Labute approximate surface area is 170 Å². The van der Waals surface area contributed by atoms with Crippen LogP contribution < -0.4 is 5.32 Å². The molecule has 0 amide bonds. The van der Waals surface area contributed by atoms with E-state index in [1.165, 1.54) is 6.07 Å². The number of aromatic nitrogens is 4. The molecule has 0 saturated heterocycles. The minimum Gasteiger partial charge on any atom is -0.390 e. The molecule has 0 radical (unpaired) electrons. The third kappa shape index (κ3) is 1.95. The van der Waals surface area contributed by atoms with Gasteiger partial charge in [-0.05, 0) is 53.4 Å². The third-order valence-electron chi connectivity index (χ3n) is 7.72. The van der Waals surface area contributed by atoms with E-state index < -0.39 is 12.2 Å². The standard InChI is InChI=1S/C22H20FN5O2/c23-13-5-15-12(7-25-28-15)18-16-10-4-11(22(30)21(10)29)17(16)19(26-20(13)18)8-1-2-14-9(3-8)6-24-27-14/h1-3,5-7,10-11,16-17,19,21-22,26,29-30H,4H2,(H,24,27)(H,25,28)/t10?,11?,16-,17+,19?,21+,22?/m0/s1.